The van der Waals surface area contributed by atoms with Crippen molar-refractivity contribution in [2.75, 3.05) is 7.11 Å². The third kappa shape index (κ3) is 3.28. The first-order valence-corrected chi connectivity index (χ1v) is 7.21. The van der Waals surface area contributed by atoms with Crippen LogP contribution in [-0.2, 0) is 10.1 Å². The standard InChI is InChI=1S/C15H12BrNO4/c1-21-15(18)14-8-11(2-3-12(14)9-16)10-4-6-13(7-5-10)17(19)20/h2-8H,9H2,1H3. The highest BCUT2D eigenvalue weighted by molar-refractivity contribution is 9.08. The molecule has 5 nitrogen and oxygen atoms in total. The van der Waals surface area contributed by atoms with E-state index in [1.807, 2.05) is 12.1 Å². The number of methoxy groups -OCH3 is 1. The minimum Gasteiger partial charge on any atom is -0.465 e. The van der Waals surface area contributed by atoms with Crippen molar-refractivity contribution in [1.82, 2.24) is 0 Å². The summed E-state index contributed by atoms with van der Waals surface area (Å²) in [6, 6.07) is 11.6. The zero-order valence-electron chi connectivity index (χ0n) is 11.2. The summed E-state index contributed by atoms with van der Waals surface area (Å²) in [7, 11) is 1.33. The van der Waals surface area contributed by atoms with Crippen LogP contribution in [-0.4, -0.2) is 18.0 Å². The molecule has 2 aromatic carbocycles. The van der Waals surface area contributed by atoms with Crippen molar-refractivity contribution in [3.05, 3.63) is 63.7 Å². The molecule has 0 bridgehead atoms. The molecule has 2 aromatic rings. The van der Waals surface area contributed by atoms with E-state index in [0.29, 0.717) is 10.9 Å². The summed E-state index contributed by atoms with van der Waals surface area (Å²) in [6.07, 6.45) is 0. The van der Waals surface area contributed by atoms with Gasteiger partial charge in [0.1, 0.15) is 0 Å². The predicted octanol–water partition coefficient (Wildman–Crippen LogP) is 3.94. The molecule has 0 amide bonds. The lowest BCUT2D eigenvalue weighted by atomic mass is 9.99. The molecule has 2 rings (SSSR count). The molecule has 21 heavy (non-hydrogen) atoms. The molecule has 0 aromatic heterocycles. The molecule has 0 heterocycles. The summed E-state index contributed by atoms with van der Waals surface area (Å²) in [5, 5.41) is 11.2. The van der Waals surface area contributed by atoms with E-state index in [2.05, 4.69) is 15.9 Å². The largest absolute Gasteiger partial charge is 0.465 e. The molecule has 0 saturated carbocycles. The number of benzene rings is 2. The van der Waals surface area contributed by atoms with E-state index in [4.69, 9.17) is 4.74 Å². The van der Waals surface area contributed by atoms with Gasteiger partial charge in [0.25, 0.3) is 5.69 Å². The number of halogens is 1. The Labute approximate surface area is 129 Å². The Morgan fingerprint density at radius 2 is 1.81 bits per heavy atom. The number of carbonyl (C=O) groups is 1. The maximum absolute atomic E-state index is 11.8. The highest BCUT2D eigenvalue weighted by Gasteiger charge is 2.13. The van der Waals surface area contributed by atoms with Gasteiger partial charge in [-0.3, -0.25) is 10.1 Å². The summed E-state index contributed by atoms with van der Waals surface area (Å²) in [4.78, 5) is 22.0. The number of esters is 1. The predicted molar refractivity (Wildman–Crippen MR) is 82.5 cm³/mol. The van der Waals surface area contributed by atoms with Gasteiger partial charge in [0, 0.05) is 17.5 Å². The fourth-order valence-corrected chi connectivity index (χ4v) is 2.44. The number of nitrogens with zero attached hydrogens (tertiary/aromatic N) is 1. The van der Waals surface area contributed by atoms with Gasteiger partial charge in [0.15, 0.2) is 0 Å². The monoisotopic (exact) mass is 349 g/mol. The molecule has 0 unspecified atom stereocenters. The Bertz CT molecular complexity index is 683. The minimum absolute atomic E-state index is 0.0315. The Kier molecular flexibility index (Phi) is 4.70. The first kappa shape index (κ1) is 15.2. The average molecular weight is 350 g/mol. The van der Waals surface area contributed by atoms with E-state index in [1.54, 1.807) is 18.2 Å². The second-order valence-corrected chi connectivity index (χ2v) is 4.86. The van der Waals surface area contributed by atoms with Gasteiger partial charge in [-0.15, -0.1) is 0 Å². The number of hydrogen-bond donors (Lipinski definition) is 0. The van der Waals surface area contributed by atoms with E-state index in [-0.39, 0.29) is 5.69 Å². The molecule has 0 radical (unpaired) electrons. The summed E-state index contributed by atoms with van der Waals surface area (Å²) >= 11 is 3.33. The minimum atomic E-state index is -0.447. The van der Waals surface area contributed by atoms with Crippen molar-refractivity contribution in [2.24, 2.45) is 0 Å². The SMILES string of the molecule is COC(=O)c1cc(-c2ccc([N+](=O)[O-])cc2)ccc1CBr. The second kappa shape index (κ2) is 6.49. The van der Waals surface area contributed by atoms with Gasteiger partial charge in [-0.25, -0.2) is 4.79 Å². The van der Waals surface area contributed by atoms with Crippen molar-refractivity contribution in [1.29, 1.82) is 0 Å². The number of rotatable bonds is 4. The number of hydrogen-bond acceptors (Lipinski definition) is 4. The van der Waals surface area contributed by atoms with E-state index in [0.717, 1.165) is 16.7 Å². The van der Waals surface area contributed by atoms with Gasteiger partial charge < -0.3 is 4.74 Å². The van der Waals surface area contributed by atoms with Gasteiger partial charge in [-0.05, 0) is 34.9 Å². The van der Waals surface area contributed by atoms with Gasteiger partial charge in [-0.2, -0.15) is 0 Å². The van der Waals surface area contributed by atoms with Crippen molar-refractivity contribution >= 4 is 27.6 Å². The molecule has 0 N–H and O–H groups in total. The number of non-ortho nitro benzene ring substituents is 1. The average Bonchev–Trinajstić information content (AvgIpc) is 2.53. The number of nitro groups is 1. The Hall–Kier alpha value is -2.21. The summed E-state index contributed by atoms with van der Waals surface area (Å²) in [6.45, 7) is 0. The van der Waals surface area contributed by atoms with Crippen LogP contribution in [0.4, 0.5) is 5.69 Å². The lowest BCUT2D eigenvalue weighted by molar-refractivity contribution is -0.384. The molecule has 0 atom stereocenters. The van der Waals surface area contributed by atoms with Crippen LogP contribution in [0, 0.1) is 10.1 Å². The zero-order valence-corrected chi connectivity index (χ0v) is 12.8. The normalized spacial score (nSPS) is 10.2. The number of alkyl halides is 1. The number of nitro benzene ring substituents is 1. The van der Waals surface area contributed by atoms with Crippen LogP contribution in [0.5, 0.6) is 0 Å². The second-order valence-electron chi connectivity index (χ2n) is 4.30. The van der Waals surface area contributed by atoms with Gasteiger partial charge >= 0.3 is 5.97 Å². The van der Waals surface area contributed by atoms with Gasteiger partial charge in [-0.1, -0.05) is 28.1 Å². The van der Waals surface area contributed by atoms with E-state index < -0.39 is 10.9 Å². The molecule has 0 spiro atoms. The van der Waals surface area contributed by atoms with Gasteiger partial charge in [0.2, 0.25) is 0 Å². The zero-order chi connectivity index (χ0) is 15.4. The topological polar surface area (TPSA) is 69.4 Å². The molecule has 108 valence electrons. The Balaban J connectivity index is 2.44. The molecule has 0 aliphatic rings. The molecular weight excluding hydrogens is 338 g/mol. The highest BCUT2D eigenvalue weighted by Crippen LogP contribution is 2.26. The van der Waals surface area contributed by atoms with E-state index in [9.17, 15) is 14.9 Å². The Morgan fingerprint density at radius 3 is 2.33 bits per heavy atom. The summed E-state index contributed by atoms with van der Waals surface area (Å²) in [5.74, 6) is -0.409. The van der Waals surface area contributed by atoms with Crippen LogP contribution in [0.1, 0.15) is 15.9 Å². The van der Waals surface area contributed by atoms with Crippen molar-refractivity contribution < 1.29 is 14.5 Å². The lowest BCUT2D eigenvalue weighted by Gasteiger charge is -2.08. The molecule has 0 saturated heterocycles. The molecule has 0 aliphatic carbocycles. The lowest BCUT2D eigenvalue weighted by Crippen LogP contribution is -2.05. The molecule has 0 fully saturated rings. The van der Waals surface area contributed by atoms with Crippen molar-refractivity contribution in [3.8, 4) is 11.1 Å². The van der Waals surface area contributed by atoms with Crippen LogP contribution in [0.3, 0.4) is 0 Å². The van der Waals surface area contributed by atoms with Crippen molar-refractivity contribution in [3.63, 3.8) is 0 Å². The van der Waals surface area contributed by atoms with Crippen LogP contribution in [0.15, 0.2) is 42.5 Å². The van der Waals surface area contributed by atoms with Crippen LogP contribution < -0.4 is 0 Å². The fourth-order valence-electron chi connectivity index (χ4n) is 1.95. The van der Waals surface area contributed by atoms with E-state index >= 15 is 0 Å². The smallest absolute Gasteiger partial charge is 0.338 e. The van der Waals surface area contributed by atoms with Crippen LogP contribution in [0.2, 0.25) is 0 Å². The van der Waals surface area contributed by atoms with Gasteiger partial charge in [0.05, 0.1) is 17.6 Å². The molecular formula is C15H12BrNO4. The van der Waals surface area contributed by atoms with Crippen molar-refractivity contribution in [2.45, 2.75) is 5.33 Å². The number of carbonyl (C=O) groups excluding carboxylic acids is 1. The maximum Gasteiger partial charge on any atom is 0.338 e. The number of ether oxygens (including phenoxy) is 1. The van der Waals surface area contributed by atoms with Crippen LogP contribution >= 0.6 is 15.9 Å². The highest BCUT2D eigenvalue weighted by atomic mass is 79.9. The first-order valence-electron chi connectivity index (χ1n) is 6.09. The molecule has 0 aliphatic heterocycles. The quantitative estimate of drug-likeness (QED) is 0.362. The summed E-state index contributed by atoms with van der Waals surface area (Å²) in [5.41, 5.74) is 2.93. The fraction of sp³-hybridized carbons (Fsp3) is 0.133. The maximum atomic E-state index is 11.8. The van der Waals surface area contributed by atoms with Crippen LogP contribution in [0.25, 0.3) is 11.1 Å². The third-order valence-corrected chi connectivity index (χ3v) is 3.67. The third-order valence-electron chi connectivity index (χ3n) is 3.07. The van der Waals surface area contributed by atoms with E-state index in [1.165, 1.54) is 19.2 Å². The molecule has 6 heteroatoms. The first-order chi connectivity index (χ1) is 10.1. The Morgan fingerprint density at radius 1 is 1.19 bits per heavy atom. The summed E-state index contributed by atoms with van der Waals surface area (Å²) < 4.78 is 4.77.